The molecule has 0 aliphatic carbocycles. The molecule has 25 heavy (non-hydrogen) atoms. The third-order valence-electron chi connectivity index (χ3n) is 4.64. The van der Waals surface area contributed by atoms with Crippen molar-refractivity contribution >= 4 is 23.0 Å². The van der Waals surface area contributed by atoms with Gasteiger partial charge in [-0.25, -0.2) is 14.2 Å². The minimum Gasteiger partial charge on any atom is -0.478 e. The lowest BCUT2D eigenvalue weighted by Gasteiger charge is -2.33. The lowest BCUT2D eigenvalue weighted by molar-refractivity contribution is -0.153. The van der Waals surface area contributed by atoms with Crippen molar-refractivity contribution in [1.82, 2.24) is 15.2 Å². The fraction of sp³-hybridized carbons (Fsp3) is 0.250. The van der Waals surface area contributed by atoms with Gasteiger partial charge in [0, 0.05) is 12.7 Å². The van der Waals surface area contributed by atoms with Crippen molar-refractivity contribution in [3.63, 3.8) is 0 Å². The highest BCUT2D eigenvalue weighted by Gasteiger charge is 2.47. The first-order valence-electron chi connectivity index (χ1n) is 7.44. The van der Waals surface area contributed by atoms with Gasteiger partial charge in [-0.2, -0.15) is 0 Å². The fourth-order valence-corrected chi connectivity index (χ4v) is 3.43. The van der Waals surface area contributed by atoms with Crippen LogP contribution in [0.5, 0.6) is 0 Å². The van der Waals surface area contributed by atoms with Crippen LogP contribution in [0.4, 0.5) is 0 Å². The molecule has 2 unspecified atom stereocenters. The minimum atomic E-state index is -1.45. The molecule has 0 saturated carbocycles. The Morgan fingerprint density at radius 2 is 2.08 bits per heavy atom. The number of cyclic esters (lactones) is 1. The summed E-state index contributed by atoms with van der Waals surface area (Å²) in [4.78, 5) is 25.8. The molecule has 9 nitrogen and oxygen atoms in total. The number of aliphatic hydroxyl groups is 1. The summed E-state index contributed by atoms with van der Waals surface area (Å²) < 4.78 is 9.67. The van der Waals surface area contributed by atoms with E-state index in [0.29, 0.717) is 22.3 Å². The first-order chi connectivity index (χ1) is 11.9. The Hall–Kier alpha value is -3.20. The number of carboxylic acids is 1. The fourth-order valence-electron chi connectivity index (χ4n) is 3.43. The van der Waals surface area contributed by atoms with Gasteiger partial charge in [0.15, 0.2) is 0 Å². The maximum Gasteiger partial charge on any atom is 0.339 e. The molecule has 9 heteroatoms. The number of esters is 1. The van der Waals surface area contributed by atoms with Crippen LogP contribution < -0.4 is 0 Å². The molecule has 1 aromatic carbocycles. The number of fused-ring (bicyclic) bond motifs is 1. The molecule has 2 aliphatic rings. The molecule has 1 aromatic heterocycles. The molecule has 128 valence electrons. The number of nitrogens with zero attached hydrogens (tertiary/aromatic N) is 3. The number of aliphatic carboxylic acids is 1. The highest BCUT2D eigenvalue weighted by Crippen LogP contribution is 2.46. The van der Waals surface area contributed by atoms with Crippen LogP contribution in [-0.2, 0) is 14.3 Å². The molecule has 0 spiro atoms. The van der Waals surface area contributed by atoms with Crippen LogP contribution in [-0.4, -0.2) is 50.7 Å². The van der Waals surface area contributed by atoms with Gasteiger partial charge in [-0.1, -0.05) is 12.1 Å². The number of benzene rings is 1. The van der Waals surface area contributed by atoms with Crippen LogP contribution in [0, 0.1) is 0 Å². The first-order valence-corrected chi connectivity index (χ1v) is 7.44. The zero-order chi connectivity index (χ0) is 17.9. The van der Waals surface area contributed by atoms with E-state index in [0.717, 1.165) is 0 Å². The summed E-state index contributed by atoms with van der Waals surface area (Å²) in [6.45, 7) is 1.61. The van der Waals surface area contributed by atoms with E-state index in [1.54, 1.807) is 32.2 Å². The Balaban J connectivity index is 2.05. The maximum atomic E-state index is 12.4. The van der Waals surface area contributed by atoms with E-state index >= 15 is 0 Å². The second-order valence-corrected chi connectivity index (χ2v) is 5.83. The average molecular weight is 343 g/mol. The molecule has 2 aromatic rings. The highest BCUT2D eigenvalue weighted by molar-refractivity contribution is 6.02. The van der Waals surface area contributed by atoms with Crippen molar-refractivity contribution < 1.29 is 29.2 Å². The monoisotopic (exact) mass is 343 g/mol. The Labute approximate surface area is 140 Å². The molecule has 2 N–H and O–H groups in total. The molecule has 0 bridgehead atoms. The minimum absolute atomic E-state index is 0.00259. The van der Waals surface area contributed by atoms with E-state index < -0.39 is 24.1 Å². The Morgan fingerprint density at radius 3 is 2.80 bits per heavy atom. The SMILES string of the molecule is CC1=C(C(=O)O)C(c2cccc3nonc23)C2=C(C(O)OC2=O)N1C. The van der Waals surface area contributed by atoms with Crippen molar-refractivity contribution in [3.8, 4) is 0 Å². The zero-order valence-electron chi connectivity index (χ0n) is 13.3. The lowest BCUT2D eigenvalue weighted by atomic mass is 9.79. The summed E-state index contributed by atoms with van der Waals surface area (Å²) in [6, 6.07) is 4.99. The molecule has 2 atom stereocenters. The summed E-state index contributed by atoms with van der Waals surface area (Å²) >= 11 is 0. The number of rotatable bonds is 2. The van der Waals surface area contributed by atoms with Crippen molar-refractivity contribution in [3.05, 3.63) is 46.3 Å². The van der Waals surface area contributed by atoms with E-state index in [2.05, 4.69) is 10.3 Å². The van der Waals surface area contributed by atoms with Gasteiger partial charge < -0.3 is 19.8 Å². The Morgan fingerprint density at radius 1 is 1.32 bits per heavy atom. The van der Waals surface area contributed by atoms with Gasteiger partial charge in [-0.15, -0.1) is 0 Å². The normalized spacial score (nSPS) is 23.3. The van der Waals surface area contributed by atoms with Crippen LogP contribution in [0.2, 0.25) is 0 Å². The smallest absolute Gasteiger partial charge is 0.339 e. The number of carboxylic acid groups (broad SMARTS) is 1. The molecular weight excluding hydrogens is 330 g/mol. The summed E-state index contributed by atoms with van der Waals surface area (Å²) in [5, 5.41) is 27.5. The number of ether oxygens (including phenoxy) is 1. The number of aliphatic hydroxyl groups excluding tert-OH is 1. The summed E-state index contributed by atoms with van der Waals surface area (Å²) in [7, 11) is 1.58. The van der Waals surface area contributed by atoms with E-state index in [1.165, 1.54) is 4.90 Å². The van der Waals surface area contributed by atoms with Gasteiger partial charge in [-0.3, -0.25) is 0 Å². The Bertz CT molecular complexity index is 989. The molecule has 3 heterocycles. The molecule has 0 fully saturated rings. The van der Waals surface area contributed by atoms with Gasteiger partial charge >= 0.3 is 11.9 Å². The van der Waals surface area contributed by atoms with Gasteiger partial charge in [0.05, 0.1) is 22.8 Å². The third-order valence-corrected chi connectivity index (χ3v) is 4.64. The van der Waals surface area contributed by atoms with Crippen molar-refractivity contribution in [2.45, 2.75) is 19.1 Å². The maximum absolute atomic E-state index is 12.4. The average Bonchev–Trinajstić information content (AvgIpc) is 3.14. The number of hydrogen-bond donors (Lipinski definition) is 2. The van der Waals surface area contributed by atoms with E-state index in [1.807, 2.05) is 0 Å². The second kappa shape index (κ2) is 5.15. The van der Waals surface area contributed by atoms with Crippen molar-refractivity contribution in [1.29, 1.82) is 0 Å². The summed E-state index contributed by atoms with van der Waals surface area (Å²) in [6.07, 6.45) is -1.45. The van der Waals surface area contributed by atoms with Gasteiger partial charge in [0.2, 0.25) is 6.29 Å². The predicted octanol–water partition coefficient (Wildman–Crippen LogP) is 0.740. The van der Waals surface area contributed by atoms with Crippen LogP contribution in [0.25, 0.3) is 11.0 Å². The molecule has 2 aliphatic heterocycles. The van der Waals surface area contributed by atoms with Crippen LogP contribution in [0.15, 0.2) is 45.4 Å². The molecule has 0 amide bonds. The number of allylic oxidation sites excluding steroid dienone is 1. The molecular formula is C16H13N3O6. The van der Waals surface area contributed by atoms with Crippen LogP contribution in [0.3, 0.4) is 0 Å². The van der Waals surface area contributed by atoms with E-state index in [-0.39, 0.29) is 16.8 Å². The lowest BCUT2D eigenvalue weighted by Crippen LogP contribution is -2.32. The van der Waals surface area contributed by atoms with Crippen molar-refractivity contribution in [2.24, 2.45) is 0 Å². The number of carbonyl (C=O) groups excluding carboxylic acids is 1. The van der Waals surface area contributed by atoms with Crippen molar-refractivity contribution in [2.75, 3.05) is 7.05 Å². The molecule has 0 saturated heterocycles. The number of likely N-dealkylation sites (N-methyl/N-ethyl adjacent to an activating group) is 1. The Kier molecular flexibility index (Phi) is 3.16. The van der Waals surface area contributed by atoms with Crippen LogP contribution >= 0.6 is 0 Å². The third kappa shape index (κ3) is 1.99. The highest BCUT2D eigenvalue weighted by atomic mass is 16.6. The van der Waals surface area contributed by atoms with Gasteiger partial charge in [0.25, 0.3) is 0 Å². The number of aromatic nitrogens is 2. The number of hydrogen-bond acceptors (Lipinski definition) is 8. The second-order valence-electron chi connectivity index (χ2n) is 5.83. The molecule has 4 rings (SSSR count). The van der Waals surface area contributed by atoms with Crippen LogP contribution in [0.1, 0.15) is 18.4 Å². The standard InChI is InChI=1S/C16H13N3O6/c1-6-9(14(20)21)10(7-4-3-5-8-12(7)18-25-17-8)11-13(19(6)2)16(23)24-15(11)22/h3-5,10,16,23H,1-2H3,(H,20,21). The van der Waals surface area contributed by atoms with E-state index in [9.17, 15) is 19.8 Å². The first kappa shape index (κ1) is 15.3. The zero-order valence-corrected chi connectivity index (χ0v) is 13.3. The van der Waals surface area contributed by atoms with E-state index in [4.69, 9.17) is 9.37 Å². The number of carbonyl (C=O) groups is 2. The molecule has 0 radical (unpaired) electrons. The largest absolute Gasteiger partial charge is 0.478 e. The summed E-state index contributed by atoms with van der Waals surface area (Å²) in [5.41, 5.74) is 1.93. The topological polar surface area (TPSA) is 126 Å². The predicted molar refractivity (Wildman–Crippen MR) is 81.8 cm³/mol. The van der Waals surface area contributed by atoms with Gasteiger partial charge in [-0.05, 0) is 28.9 Å². The summed E-state index contributed by atoms with van der Waals surface area (Å²) in [5.74, 6) is -2.90. The quantitative estimate of drug-likeness (QED) is 0.759. The van der Waals surface area contributed by atoms with Gasteiger partial charge in [0.1, 0.15) is 11.0 Å².